The van der Waals surface area contributed by atoms with Crippen LogP contribution < -0.4 is 20.7 Å². The largest absolute Gasteiger partial charge is 0.467 e. The summed E-state index contributed by atoms with van der Waals surface area (Å²) >= 11 is 0. The van der Waals surface area contributed by atoms with Crippen LogP contribution in [0.15, 0.2) is 0 Å². The number of ether oxygens (including phenoxy) is 2. The third kappa shape index (κ3) is 3.93. The second-order valence-corrected chi connectivity index (χ2v) is 6.06. The molecule has 1 aromatic rings. The normalized spacial score (nSPS) is 25.7. The van der Waals surface area contributed by atoms with Crippen molar-refractivity contribution >= 4 is 5.95 Å². The Balaban J connectivity index is 2.17. The van der Waals surface area contributed by atoms with Gasteiger partial charge in [-0.15, -0.1) is 4.98 Å². The van der Waals surface area contributed by atoms with E-state index >= 15 is 0 Å². The molecule has 0 bridgehead atoms. The molecule has 118 valence electrons. The van der Waals surface area contributed by atoms with Crippen molar-refractivity contribution in [2.45, 2.75) is 46.1 Å². The molecule has 0 aromatic carbocycles. The van der Waals surface area contributed by atoms with Crippen LogP contribution in [0.3, 0.4) is 0 Å². The monoisotopic (exact) mass is 295 g/mol. The fraction of sp³-hybridized carbons (Fsp3) is 0.786. The van der Waals surface area contributed by atoms with E-state index in [1.807, 2.05) is 0 Å². The lowest BCUT2D eigenvalue weighted by atomic mass is 9.75. The summed E-state index contributed by atoms with van der Waals surface area (Å²) < 4.78 is 11.1. The summed E-state index contributed by atoms with van der Waals surface area (Å²) in [7, 11) is 1.50. The highest BCUT2D eigenvalue weighted by Gasteiger charge is 2.33. The number of hydrogen-bond acceptors (Lipinski definition) is 7. The Bertz CT molecular complexity index is 446. The Morgan fingerprint density at radius 3 is 2.52 bits per heavy atom. The van der Waals surface area contributed by atoms with Gasteiger partial charge in [-0.3, -0.25) is 5.43 Å². The molecule has 3 atom stereocenters. The Kier molecular flexibility index (Phi) is 5.17. The lowest BCUT2D eigenvalue weighted by molar-refractivity contribution is 0.0384. The average molecular weight is 295 g/mol. The number of nitrogens with two attached hydrogens (primary N) is 1. The van der Waals surface area contributed by atoms with Gasteiger partial charge in [0, 0.05) is 0 Å². The summed E-state index contributed by atoms with van der Waals surface area (Å²) in [5.41, 5.74) is 2.40. The number of aromatic nitrogens is 3. The number of hydrazine groups is 1. The number of nitrogen functional groups attached to an aromatic ring is 1. The van der Waals surface area contributed by atoms with E-state index < -0.39 is 0 Å². The summed E-state index contributed by atoms with van der Waals surface area (Å²) in [5.74, 6) is 7.33. The molecular formula is C14H25N5O2. The Hall–Kier alpha value is -1.63. The van der Waals surface area contributed by atoms with Gasteiger partial charge >= 0.3 is 12.0 Å². The van der Waals surface area contributed by atoms with E-state index in [1.165, 1.54) is 20.0 Å². The first kappa shape index (κ1) is 15.8. The van der Waals surface area contributed by atoms with Crippen LogP contribution in [-0.4, -0.2) is 28.2 Å². The Morgan fingerprint density at radius 2 is 1.90 bits per heavy atom. The van der Waals surface area contributed by atoms with E-state index in [9.17, 15) is 0 Å². The fourth-order valence-corrected chi connectivity index (χ4v) is 2.93. The maximum absolute atomic E-state index is 6.05. The van der Waals surface area contributed by atoms with Crippen LogP contribution in [0.4, 0.5) is 5.95 Å². The van der Waals surface area contributed by atoms with E-state index in [2.05, 4.69) is 41.1 Å². The molecule has 2 rings (SSSR count). The van der Waals surface area contributed by atoms with Gasteiger partial charge in [0.25, 0.3) is 0 Å². The van der Waals surface area contributed by atoms with Crippen molar-refractivity contribution in [3.05, 3.63) is 0 Å². The first-order valence-electron chi connectivity index (χ1n) is 7.46. The first-order chi connectivity index (χ1) is 10.0. The smallest absolute Gasteiger partial charge is 0.324 e. The topological polar surface area (TPSA) is 95.2 Å². The summed E-state index contributed by atoms with van der Waals surface area (Å²) in [6.45, 7) is 6.73. The molecule has 7 nitrogen and oxygen atoms in total. The van der Waals surface area contributed by atoms with Crippen molar-refractivity contribution in [2.75, 3.05) is 12.5 Å². The quantitative estimate of drug-likeness (QED) is 0.633. The lowest BCUT2D eigenvalue weighted by Gasteiger charge is -2.36. The summed E-state index contributed by atoms with van der Waals surface area (Å²) in [5, 5.41) is 0. The third-order valence-electron chi connectivity index (χ3n) is 4.12. The molecule has 1 aliphatic carbocycles. The Labute approximate surface area is 125 Å². The van der Waals surface area contributed by atoms with Crippen molar-refractivity contribution < 1.29 is 9.47 Å². The lowest BCUT2D eigenvalue weighted by Crippen LogP contribution is -2.36. The van der Waals surface area contributed by atoms with Gasteiger partial charge in [-0.25, -0.2) is 5.84 Å². The molecule has 21 heavy (non-hydrogen) atoms. The van der Waals surface area contributed by atoms with Gasteiger partial charge in [0.15, 0.2) is 0 Å². The maximum Gasteiger partial charge on any atom is 0.324 e. The van der Waals surface area contributed by atoms with Crippen molar-refractivity contribution in [1.29, 1.82) is 0 Å². The van der Waals surface area contributed by atoms with Crippen LogP contribution in [0.5, 0.6) is 12.0 Å². The number of hydrogen-bond donors (Lipinski definition) is 2. The predicted molar refractivity (Wildman–Crippen MR) is 79.9 cm³/mol. The van der Waals surface area contributed by atoms with Gasteiger partial charge in [-0.05, 0) is 30.6 Å². The Morgan fingerprint density at radius 1 is 1.19 bits per heavy atom. The van der Waals surface area contributed by atoms with Gasteiger partial charge in [0.2, 0.25) is 5.95 Å². The van der Waals surface area contributed by atoms with Crippen molar-refractivity contribution in [1.82, 2.24) is 15.0 Å². The van der Waals surface area contributed by atoms with E-state index in [4.69, 9.17) is 15.3 Å². The number of methoxy groups -OCH3 is 1. The fourth-order valence-electron chi connectivity index (χ4n) is 2.93. The molecule has 1 aliphatic rings. The maximum atomic E-state index is 6.05. The minimum Gasteiger partial charge on any atom is -0.467 e. The molecule has 1 fully saturated rings. The number of nitrogens with zero attached hydrogens (tertiary/aromatic N) is 3. The third-order valence-corrected chi connectivity index (χ3v) is 4.12. The molecule has 0 spiro atoms. The molecule has 1 heterocycles. The van der Waals surface area contributed by atoms with Crippen molar-refractivity contribution in [3.63, 3.8) is 0 Å². The van der Waals surface area contributed by atoms with Gasteiger partial charge in [-0.2, -0.15) is 9.97 Å². The number of anilines is 1. The SMILES string of the molecule is COc1nc(NN)nc(OC2CC(C)CCC2C(C)C)n1. The molecule has 0 saturated heterocycles. The first-order valence-corrected chi connectivity index (χ1v) is 7.46. The zero-order chi connectivity index (χ0) is 15.4. The number of nitrogens with one attached hydrogen (secondary N) is 1. The highest BCUT2D eigenvalue weighted by Crippen LogP contribution is 2.35. The minimum absolute atomic E-state index is 0.117. The molecule has 3 unspecified atom stereocenters. The van der Waals surface area contributed by atoms with E-state index in [0.29, 0.717) is 17.8 Å². The standard InChI is InChI=1S/C14H25N5O2/c1-8(2)10-6-5-9(3)7-11(10)21-14-17-12(19-15)16-13(18-14)20-4/h8-11H,5-7,15H2,1-4H3,(H,16,17,18,19). The number of rotatable bonds is 5. The van der Waals surface area contributed by atoms with E-state index in [-0.39, 0.29) is 24.1 Å². The summed E-state index contributed by atoms with van der Waals surface area (Å²) in [4.78, 5) is 12.3. The van der Waals surface area contributed by atoms with Gasteiger partial charge in [-0.1, -0.05) is 27.2 Å². The highest BCUT2D eigenvalue weighted by molar-refractivity contribution is 5.25. The molecule has 0 aliphatic heterocycles. The van der Waals surface area contributed by atoms with Crippen LogP contribution in [0.1, 0.15) is 40.0 Å². The van der Waals surface area contributed by atoms with Crippen LogP contribution in [0, 0.1) is 17.8 Å². The highest BCUT2D eigenvalue weighted by atomic mass is 16.5. The van der Waals surface area contributed by atoms with Crippen LogP contribution >= 0.6 is 0 Å². The van der Waals surface area contributed by atoms with Gasteiger partial charge in [0.1, 0.15) is 6.10 Å². The zero-order valence-corrected chi connectivity index (χ0v) is 13.2. The molecule has 0 radical (unpaired) electrons. The molecule has 3 N–H and O–H groups in total. The van der Waals surface area contributed by atoms with E-state index in [0.717, 1.165) is 6.42 Å². The zero-order valence-electron chi connectivity index (χ0n) is 13.2. The minimum atomic E-state index is 0.117. The van der Waals surface area contributed by atoms with Crippen molar-refractivity contribution in [2.24, 2.45) is 23.6 Å². The molecule has 1 aromatic heterocycles. The second-order valence-electron chi connectivity index (χ2n) is 6.06. The van der Waals surface area contributed by atoms with Crippen molar-refractivity contribution in [3.8, 4) is 12.0 Å². The summed E-state index contributed by atoms with van der Waals surface area (Å²) in [6, 6.07) is 0.456. The van der Waals surface area contributed by atoms with Gasteiger partial charge < -0.3 is 9.47 Å². The summed E-state index contributed by atoms with van der Waals surface area (Å²) in [6.07, 6.45) is 3.56. The molecule has 0 amide bonds. The molecular weight excluding hydrogens is 270 g/mol. The van der Waals surface area contributed by atoms with Crippen LogP contribution in [0.2, 0.25) is 0 Å². The average Bonchev–Trinajstić information content (AvgIpc) is 2.46. The molecule has 1 saturated carbocycles. The molecule has 7 heteroatoms. The van der Waals surface area contributed by atoms with E-state index in [1.54, 1.807) is 0 Å². The second kappa shape index (κ2) is 6.89. The van der Waals surface area contributed by atoms with Gasteiger partial charge in [0.05, 0.1) is 7.11 Å². The van der Waals surface area contributed by atoms with Crippen LogP contribution in [-0.2, 0) is 0 Å². The predicted octanol–water partition coefficient (Wildman–Crippen LogP) is 2.01. The van der Waals surface area contributed by atoms with Crippen LogP contribution in [0.25, 0.3) is 0 Å².